The van der Waals surface area contributed by atoms with Crippen LogP contribution >= 0.6 is 22.7 Å². The molecule has 7 nitrogen and oxygen atoms in total. The summed E-state index contributed by atoms with van der Waals surface area (Å²) in [7, 11) is 3.24. The van der Waals surface area contributed by atoms with E-state index in [9.17, 15) is 4.79 Å². The number of anilines is 3. The second kappa shape index (κ2) is 9.03. The third-order valence-corrected chi connectivity index (χ3v) is 5.76. The van der Waals surface area contributed by atoms with E-state index in [-0.39, 0.29) is 5.91 Å². The Morgan fingerprint density at radius 3 is 2.71 bits per heavy atom. The van der Waals surface area contributed by atoms with E-state index in [4.69, 9.17) is 9.47 Å². The number of nitrogens with one attached hydrogen (secondary N) is 2. The number of carbonyl (C=O) groups is 1. The molecule has 1 aromatic carbocycles. The molecule has 3 rings (SSSR count). The van der Waals surface area contributed by atoms with Gasteiger partial charge in [0.2, 0.25) is 5.91 Å². The van der Waals surface area contributed by atoms with Crippen LogP contribution in [0.5, 0.6) is 11.5 Å². The predicted octanol–water partition coefficient (Wildman–Crippen LogP) is 5.07. The number of aromatic nitrogens is 2. The van der Waals surface area contributed by atoms with Crippen molar-refractivity contribution in [3.63, 3.8) is 0 Å². The highest BCUT2D eigenvalue weighted by molar-refractivity contribution is 7.20. The maximum absolute atomic E-state index is 11.8. The van der Waals surface area contributed by atoms with Crippen LogP contribution in [0.2, 0.25) is 0 Å². The lowest BCUT2D eigenvalue weighted by molar-refractivity contribution is -0.116. The average molecular weight is 419 g/mol. The lowest BCUT2D eigenvalue weighted by Gasteiger charge is -2.10. The van der Waals surface area contributed by atoms with Crippen molar-refractivity contribution in [3.05, 3.63) is 29.3 Å². The highest BCUT2D eigenvalue weighted by atomic mass is 32.1. The maximum Gasteiger partial charge on any atom is 0.226 e. The molecule has 1 amide bonds. The normalized spacial score (nSPS) is 10.6. The number of hydrogen-bond donors (Lipinski definition) is 2. The van der Waals surface area contributed by atoms with Crippen molar-refractivity contribution >= 4 is 44.5 Å². The van der Waals surface area contributed by atoms with Crippen LogP contribution < -0.4 is 20.1 Å². The van der Waals surface area contributed by atoms with Crippen molar-refractivity contribution in [2.75, 3.05) is 24.9 Å². The van der Waals surface area contributed by atoms with E-state index in [0.717, 1.165) is 39.3 Å². The molecule has 3 aromatic rings. The number of amides is 1. The van der Waals surface area contributed by atoms with Gasteiger partial charge in [0, 0.05) is 17.9 Å². The molecule has 0 radical (unpaired) electrons. The monoisotopic (exact) mass is 418 g/mol. The van der Waals surface area contributed by atoms with Crippen LogP contribution in [0.3, 0.4) is 0 Å². The molecule has 9 heteroatoms. The largest absolute Gasteiger partial charge is 0.497 e. The van der Waals surface area contributed by atoms with Crippen molar-refractivity contribution in [2.45, 2.75) is 26.7 Å². The van der Waals surface area contributed by atoms with Crippen molar-refractivity contribution < 1.29 is 14.3 Å². The maximum atomic E-state index is 11.8. The number of aryl methyl sites for hydroxylation is 1. The van der Waals surface area contributed by atoms with Crippen molar-refractivity contribution in [3.8, 4) is 22.1 Å². The quantitative estimate of drug-likeness (QED) is 0.531. The molecule has 28 heavy (non-hydrogen) atoms. The second-order valence-corrected chi connectivity index (χ2v) is 7.82. The molecule has 0 saturated carbocycles. The number of hydrogen-bond acceptors (Lipinski definition) is 8. The van der Waals surface area contributed by atoms with E-state index in [1.54, 1.807) is 14.2 Å². The molecule has 0 spiro atoms. The van der Waals surface area contributed by atoms with Gasteiger partial charge in [0.15, 0.2) is 10.3 Å². The zero-order chi connectivity index (χ0) is 20.1. The number of benzene rings is 1. The number of carbonyl (C=O) groups excluding carboxylic acids is 1. The Labute approximate surface area is 171 Å². The summed E-state index contributed by atoms with van der Waals surface area (Å²) in [6.07, 6.45) is 1.29. The number of methoxy groups -OCH3 is 2. The van der Waals surface area contributed by atoms with E-state index < -0.39 is 0 Å². The molecule has 0 bridgehead atoms. The van der Waals surface area contributed by atoms with Crippen LogP contribution in [0.4, 0.5) is 16.0 Å². The summed E-state index contributed by atoms with van der Waals surface area (Å²) in [4.78, 5) is 21.8. The van der Waals surface area contributed by atoms with E-state index >= 15 is 0 Å². The van der Waals surface area contributed by atoms with Crippen LogP contribution in [0.1, 0.15) is 25.5 Å². The predicted molar refractivity (Wildman–Crippen MR) is 114 cm³/mol. The zero-order valence-electron chi connectivity index (χ0n) is 16.2. The number of ether oxygens (including phenoxy) is 2. The van der Waals surface area contributed by atoms with E-state index in [1.807, 2.05) is 37.4 Å². The summed E-state index contributed by atoms with van der Waals surface area (Å²) in [5.74, 6) is 1.41. The van der Waals surface area contributed by atoms with Gasteiger partial charge in [0.1, 0.15) is 11.5 Å². The first-order valence-electron chi connectivity index (χ1n) is 8.76. The molecular weight excluding hydrogens is 396 g/mol. The SMILES string of the molecule is CCCC(=O)Nc1nc(C)c(-c2csc(Nc3cc(OC)ccc3OC)n2)s1. The summed E-state index contributed by atoms with van der Waals surface area (Å²) in [6, 6.07) is 5.54. The first kappa shape index (κ1) is 20.1. The van der Waals surface area contributed by atoms with Gasteiger partial charge in [-0.2, -0.15) is 0 Å². The Kier molecular flexibility index (Phi) is 6.48. The highest BCUT2D eigenvalue weighted by Gasteiger charge is 2.15. The minimum absolute atomic E-state index is 0.0199. The van der Waals surface area contributed by atoms with Gasteiger partial charge in [-0.3, -0.25) is 4.79 Å². The minimum atomic E-state index is -0.0199. The summed E-state index contributed by atoms with van der Waals surface area (Å²) < 4.78 is 10.7. The van der Waals surface area contributed by atoms with Crippen molar-refractivity contribution in [2.24, 2.45) is 0 Å². The van der Waals surface area contributed by atoms with Gasteiger partial charge in [0.05, 0.1) is 36.2 Å². The Morgan fingerprint density at radius 1 is 1.18 bits per heavy atom. The molecule has 148 valence electrons. The van der Waals surface area contributed by atoms with Crippen molar-refractivity contribution in [1.29, 1.82) is 0 Å². The molecule has 0 aliphatic heterocycles. The molecule has 0 aliphatic rings. The lowest BCUT2D eigenvalue weighted by Crippen LogP contribution is -2.10. The van der Waals surface area contributed by atoms with Crippen LogP contribution in [-0.4, -0.2) is 30.1 Å². The zero-order valence-corrected chi connectivity index (χ0v) is 17.8. The highest BCUT2D eigenvalue weighted by Crippen LogP contribution is 2.37. The lowest BCUT2D eigenvalue weighted by atomic mass is 10.2. The summed E-state index contributed by atoms with van der Waals surface area (Å²) in [5, 5.41) is 9.42. The first-order chi connectivity index (χ1) is 13.5. The Balaban J connectivity index is 1.80. The fourth-order valence-electron chi connectivity index (χ4n) is 2.56. The van der Waals surface area contributed by atoms with Gasteiger partial charge < -0.3 is 20.1 Å². The minimum Gasteiger partial charge on any atom is -0.497 e. The first-order valence-corrected chi connectivity index (χ1v) is 10.5. The Bertz CT molecular complexity index is 968. The van der Waals surface area contributed by atoms with E-state index in [1.165, 1.54) is 22.7 Å². The molecule has 0 atom stereocenters. The number of nitrogens with zero attached hydrogens (tertiary/aromatic N) is 2. The molecule has 2 heterocycles. The fraction of sp³-hybridized carbons (Fsp3) is 0.316. The Hall–Kier alpha value is -2.65. The van der Waals surface area contributed by atoms with Gasteiger partial charge in [0.25, 0.3) is 0 Å². The number of thiazole rings is 2. The summed E-state index contributed by atoms with van der Waals surface area (Å²) in [5.41, 5.74) is 2.43. The average Bonchev–Trinajstić information content (AvgIpc) is 3.28. The Morgan fingerprint density at radius 2 is 2.00 bits per heavy atom. The molecule has 0 saturated heterocycles. The van der Waals surface area contributed by atoms with Gasteiger partial charge in [-0.25, -0.2) is 9.97 Å². The van der Waals surface area contributed by atoms with E-state index in [0.29, 0.717) is 17.3 Å². The van der Waals surface area contributed by atoms with Gasteiger partial charge in [-0.1, -0.05) is 18.3 Å². The smallest absolute Gasteiger partial charge is 0.226 e. The molecule has 2 N–H and O–H groups in total. The summed E-state index contributed by atoms with van der Waals surface area (Å²) in [6.45, 7) is 3.89. The number of rotatable bonds is 8. The molecule has 0 aliphatic carbocycles. The van der Waals surface area contributed by atoms with Gasteiger partial charge >= 0.3 is 0 Å². The molecular formula is C19H22N4O3S2. The topological polar surface area (TPSA) is 85.4 Å². The van der Waals surface area contributed by atoms with Crippen LogP contribution in [0.15, 0.2) is 23.6 Å². The fourth-order valence-corrected chi connectivity index (χ4v) is 4.29. The second-order valence-electron chi connectivity index (χ2n) is 5.96. The third kappa shape index (κ3) is 4.60. The van der Waals surface area contributed by atoms with Crippen LogP contribution in [0.25, 0.3) is 10.6 Å². The molecule has 0 fully saturated rings. The standard InChI is InChI=1S/C19H22N4O3S2/c1-5-6-16(24)23-19-20-11(2)17(28-19)14-10-27-18(22-14)21-13-9-12(25-3)7-8-15(13)26-4/h7-10H,5-6H2,1-4H3,(H,21,22)(H,20,23,24). The molecule has 0 unspecified atom stereocenters. The van der Waals surface area contributed by atoms with Crippen molar-refractivity contribution in [1.82, 2.24) is 9.97 Å². The van der Waals surface area contributed by atoms with Gasteiger partial charge in [-0.15, -0.1) is 11.3 Å². The third-order valence-electron chi connectivity index (χ3n) is 3.91. The summed E-state index contributed by atoms with van der Waals surface area (Å²) >= 11 is 2.91. The van der Waals surface area contributed by atoms with Crippen LogP contribution in [-0.2, 0) is 4.79 Å². The van der Waals surface area contributed by atoms with Gasteiger partial charge in [-0.05, 0) is 25.5 Å². The van der Waals surface area contributed by atoms with E-state index in [2.05, 4.69) is 20.6 Å². The van der Waals surface area contributed by atoms with Crippen LogP contribution in [0, 0.1) is 6.92 Å². The molecule has 2 aromatic heterocycles.